The number of β-amino-alcohol motifs (C(OH)–C–C–N with tert-alkyl or cyclic N) is 1. The summed E-state index contributed by atoms with van der Waals surface area (Å²) < 4.78 is 2.44. The molecule has 0 saturated carbocycles. The standard InChI is InChI=1S/C19H23BrN6O/c1-24(17-15-16(20)23-25(2)18(15)22-13-21-17)11-19(27)8-9-26(12-19)10-14-6-4-3-5-7-14/h3-7,13,27H,8-12H2,1-2H3. The highest BCUT2D eigenvalue weighted by molar-refractivity contribution is 9.10. The first kappa shape index (κ1) is 18.3. The zero-order valence-electron chi connectivity index (χ0n) is 15.5. The van der Waals surface area contributed by atoms with Gasteiger partial charge in [0.2, 0.25) is 0 Å². The van der Waals surface area contributed by atoms with Crippen molar-refractivity contribution in [3.05, 3.63) is 46.8 Å². The van der Waals surface area contributed by atoms with E-state index < -0.39 is 5.60 Å². The van der Waals surface area contributed by atoms with E-state index in [0.29, 0.717) is 17.7 Å². The van der Waals surface area contributed by atoms with Crippen LogP contribution in [0.4, 0.5) is 5.82 Å². The van der Waals surface area contributed by atoms with Gasteiger partial charge < -0.3 is 10.0 Å². The highest BCUT2D eigenvalue weighted by Crippen LogP contribution is 2.31. The van der Waals surface area contributed by atoms with Crippen molar-refractivity contribution >= 4 is 32.8 Å². The molecule has 0 spiro atoms. The smallest absolute Gasteiger partial charge is 0.164 e. The van der Waals surface area contributed by atoms with Crippen molar-refractivity contribution in [3.8, 4) is 0 Å². The fourth-order valence-corrected chi connectivity index (χ4v) is 4.47. The van der Waals surface area contributed by atoms with E-state index in [1.807, 2.05) is 25.1 Å². The molecular formula is C19H23BrN6O. The third kappa shape index (κ3) is 3.69. The van der Waals surface area contributed by atoms with Crippen LogP contribution in [-0.2, 0) is 13.6 Å². The quantitative estimate of drug-likeness (QED) is 0.668. The summed E-state index contributed by atoms with van der Waals surface area (Å²) in [6, 6.07) is 10.4. The second-order valence-electron chi connectivity index (χ2n) is 7.34. The maximum absolute atomic E-state index is 11.2. The summed E-state index contributed by atoms with van der Waals surface area (Å²) in [5.74, 6) is 0.773. The van der Waals surface area contributed by atoms with Crippen molar-refractivity contribution in [1.29, 1.82) is 0 Å². The van der Waals surface area contributed by atoms with Gasteiger partial charge >= 0.3 is 0 Å². The molecule has 27 heavy (non-hydrogen) atoms. The summed E-state index contributed by atoms with van der Waals surface area (Å²) in [7, 11) is 3.81. The van der Waals surface area contributed by atoms with Crippen LogP contribution >= 0.6 is 15.9 Å². The number of rotatable bonds is 5. The largest absolute Gasteiger partial charge is 0.387 e. The van der Waals surface area contributed by atoms with E-state index in [2.05, 4.69) is 60.2 Å². The van der Waals surface area contributed by atoms with Gasteiger partial charge in [-0.05, 0) is 27.9 Å². The molecule has 0 radical (unpaired) electrons. The lowest BCUT2D eigenvalue weighted by molar-refractivity contribution is 0.0561. The molecule has 3 aromatic rings. The first-order valence-corrected chi connectivity index (χ1v) is 9.77. The molecule has 7 nitrogen and oxygen atoms in total. The third-order valence-electron chi connectivity index (χ3n) is 5.11. The van der Waals surface area contributed by atoms with Gasteiger partial charge in [-0.25, -0.2) is 14.6 Å². The van der Waals surface area contributed by atoms with Crippen molar-refractivity contribution in [3.63, 3.8) is 0 Å². The van der Waals surface area contributed by atoms with Gasteiger partial charge in [-0.15, -0.1) is 0 Å². The fourth-order valence-electron chi connectivity index (χ4n) is 3.88. The van der Waals surface area contributed by atoms with E-state index in [1.54, 1.807) is 11.0 Å². The highest BCUT2D eigenvalue weighted by atomic mass is 79.9. The number of halogens is 1. The van der Waals surface area contributed by atoms with Crippen LogP contribution in [0, 0.1) is 0 Å². The van der Waals surface area contributed by atoms with Crippen LogP contribution in [-0.4, -0.2) is 62.0 Å². The molecule has 1 atom stereocenters. The second kappa shape index (κ2) is 7.18. The van der Waals surface area contributed by atoms with Crippen molar-refractivity contribution in [2.45, 2.75) is 18.6 Å². The molecule has 1 N–H and O–H groups in total. The second-order valence-corrected chi connectivity index (χ2v) is 8.09. The Morgan fingerprint density at radius 1 is 1.26 bits per heavy atom. The van der Waals surface area contributed by atoms with Gasteiger partial charge in [0.15, 0.2) is 5.65 Å². The molecule has 142 valence electrons. The number of likely N-dealkylation sites (N-methyl/N-ethyl adjacent to an activating group) is 1. The normalized spacial score (nSPS) is 20.4. The van der Waals surface area contributed by atoms with Crippen molar-refractivity contribution in [2.24, 2.45) is 7.05 Å². The number of aromatic nitrogens is 4. The molecule has 1 unspecified atom stereocenters. The lowest BCUT2D eigenvalue weighted by Crippen LogP contribution is -2.44. The van der Waals surface area contributed by atoms with Gasteiger partial charge in [-0.2, -0.15) is 5.10 Å². The monoisotopic (exact) mass is 430 g/mol. The SMILES string of the molecule is CN(CC1(O)CCN(Cc2ccccc2)C1)c1ncnc2c1c(Br)nn2C. The Kier molecular flexibility index (Phi) is 4.88. The Hall–Kier alpha value is -2.03. The summed E-state index contributed by atoms with van der Waals surface area (Å²) in [6.07, 6.45) is 2.29. The minimum atomic E-state index is -0.768. The molecule has 1 aromatic carbocycles. The zero-order valence-corrected chi connectivity index (χ0v) is 17.1. The van der Waals surface area contributed by atoms with E-state index >= 15 is 0 Å². The number of aryl methyl sites for hydroxylation is 1. The van der Waals surface area contributed by atoms with Crippen LogP contribution in [0.15, 0.2) is 41.3 Å². The van der Waals surface area contributed by atoms with Crippen LogP contribution < -0.4 is 4.90 Å². The Bertz CT molecular complexity index is 946. The number of nitrogens with zero attached hydrogens (tertiary/aromatic N) is 6. The molecular weight excluding hydrogens is 408 g/mol. The van der Waals surface area contributed by atoms with E-state index in [0.717, 1.165) is 36.4 Å². The van der Waals surface area contributed by atoms with Crippen molar-refractivity contribution in [1.82, 2.24) is 24.6 Å². The van der Waals surface area contributed by atoms with E-state index in [9.17, 15) is 5.11 Å². The van der Waals surface area contributed by atoms with Crippen LogP contribution in [0.25, 0.3) is 11.0 Å². The van der Waals surface area contributed by atoms with E-state index in [1.165, 1.54) is 5.56 Å². The first-order chi connectivity index (χ1) is 13.0. The summed E-state index contributed by atoms with van der Waals surface area (Å²) >= 11 is 3.50. The summed E-state index contributed by atoms with van der Waals surface area (Å²) in [6.45, 7) is 2.90. The number of fused-ring (bicyclic) bond motifs is 1. The number of likely N-dealkylation sites (tertiary alicyclic amines) is 1. The average molecular weight is 431 g/mol. The third-order valence-corrected chi connectivity index (χ3v) is 5.67. The minimum Gasteiger partial charge on any atom is -0.387 e. The summed E-state index contributed by atoms with van der Waals surface area (Å²) in [5, 5.41) is 16.4. The number of anilines is 1. The summed E-state index contributed by atoms with van der Waals surface area (Å²) in [4.78, 5) is 13.1. The molecule has 4 rings (SSSR count). The average Bonchev–Trinajstić information content (AvgIpc) is 3.15. The van der Waals surface area contributed by atoms with Gasteiger partial charge in [0, 0.05) is 40.3 Å². The molecule has 2 aromatic heterocycles. The van der Waals surface area contributed by atoms with Crippen molar-refractivity contribution in [2.75, 3.05) is 31.6 Å². The molecule has 0 bridgehead atoms. The first-order valence-electron chi connectivity index (χ1n) is 8.98. The lowest BCUT2D eigenvalue weighted by Gasteiger charge is -2.30. The number of aliphatic hydroxyl groups is 1. The molecule has 1 saturated heterocycles. The van der Waals surface area contributed by atoms with Crippen LogP contribution in [0.5, 0.6) is 0 Å². The molecule has 1 aliphatic rings. The maximum atomic E-state index is 11.2. The van der Waals surface area contributed by atoms with Gasteiger partial charge in [-0.1, -0.05) is 30.3 Å². The number of hydrogen-bond acceptors (Lipinski definition) is 6. The number of benzene rings is 1. The maximum Gasteiger partial charge on any atom is 0.164 e. The number of hydrogen-bond donors (Lipinski definition) is 1. The Balaban J connectivity index is 1.49. The highest BCUT2D eigenvalue weighted by Gasteiger charge is 2.37. The molecule has 8 heteroatoms. The Labute approximate surface area is 166 Å². The summed E-state index contributed by atoms with van der Waals surface area (Å²) in [5.41, 5.74) is 1.27. The zero-order chi connectivity index (χ0) is 19.0. The molecule has 1 fully saturated rings. The fraction of sp³-hybridized carbons (Fsp3) is 0.421. The molecule has 0 aliphatic carbocycles. The predicted molar refractivity (Wildman–Crippen MR) is 109 cm³/mol. The van der Waals surface area contributed by atoms with Crippen LogP contribution in [0.3, 0.4) is 0 Å². The van der Waals surface area contributed by atoms with E-state index in [-0.39, 0.29) is 0 Å². The predicted octanol–water partition coefficient (Wildman–Crippen LogP) is 2.20. The van der Waals surface area contributed by atoms with E-state index in [4.69, 9.17) is 0 Å². The van der Waals surface area contributed by atoms with Crippen LogP contribution in [0.1, 0.15) is 12.0 Å². The van der Waals surface area contributed by atoms with Crippen molar-refractivity contribution < 1.29 is 5.11 Å². The van der Waals surface area contributed by atoms with Crippen LogP contribution in [0.2, 0.25) is 0 Å². The Morgan fingerprint density at radius 2 is 2.04 bits per heavy atom. The minimum absolute atomic E-state index is 0.506. The van der Waals surface area contributed by atoms with Gasteiger partial charge in [0.1, 0.15) is 16.7 Å². The topological polar surface area (TPSA) is 70.3 Å². The van der Waals surface area contributed by atoms with Gasteiger partial charge in [0.05, 0.1) is 11.0 Å². The lowest BCUT2D eigenvalue weighted by atomic mass is 10.0. The molecule has 3 heterocycles. The molecule has 0 amide bonds. The Morgan fingerprint density at radius 3 is 2.81 bits per heavy atom. The van der Waals surface area contributed by atoms with Gasteiger partial charge in [-0.3, -0.25) is 4.90 Å². The van der Waals surface area contributed by atoms with Gasteiger partial charge in [0.25, 0.3) is 0 Å². The molecule has 1 aliphatic heterocycles.